The van der Waals surface area contributed by atoms with Crippen LogP contribution in [0.15, 0.2) is 16.3 Å². The van der Waals surface area contributed by atoms with Gasteiger partial charge in [0.1, 0.15) is 4.21 Å². The molecule has 0 saturated heterocycles. The van der Waals surface area contributed by atoms with Crippen molar-refractivity contribution in [2.75, 3.05) is 34.0 Å². The van der Waals surface area contributed by atoms with E-state index in [1.165, 1.54) is 22.7 Å². The zero-order valence-corrected chi connectivity index (χ0v) is 16.7. The first kappa shape index (κ1) is 20.7. The van der Waals surface area contributed by atoms with Crippen LogP contribution < -0.4 is 10.9 Å². The van der Waals surface area contributed by atoms with Crippen molar-refractivity contribution in [1.82, 2.24) is 0 Å². The molecular weight excluding hydrogens is 384 g/mol. The summed E-state index contributed by atoms with van der Waals surface area (Å²) in [6, 6.07) is 3.34. The van der Waals surface area contributed by atoms with Crippen molar-refractivity contribution in [3.63, 3.8) is 0 Å². The molecule has 0 aliphatic carbocycles. The van der Waals surface area contributed by atoms with Crippen LogP contribution in [0.1, 0.15) is 23.8 Å². The Bertz CT molecular complexity index is 740. The second-order valence-electron chi connectivity index (χ2n) is 5.61. The number of hydrogen-bond donors (Lipinski definition) is 2. The molecule has 2 rings (SSSR count). The topological polar surface area (TPSA) is 114 Å². The summed E-state index contributed by atoms with van der Waals surface area (Å²) in [5.74, 6) is 0. The maximum atomic E-state index is 11.4. The van der Waals surface area contributed by atoms with Gasteiger partial charge >= 0.3 is 0 Å². The molecule has 2 heterocycles. The van der Waals surface area contributed by atoms with E-state index >= 15 is 0 Å². The Morgan fingerprint density at radius 1 is 1.12 bits per heavy atom. The number of ether oxygens (including phenoxy) is 3. The Morgan fingerprint density at radius 3 is 2.44 bits per heavy atom. The third kappa shape index (κ3) is 5.97. The Morgan fingerprint density at radius 2 is 1.84 bits per heavy atom. The molecule has 0 aliphatic heterocycles. The van der Waals surface area contributed by atoms with Crippen LogP contribution in [0, 0.1) is 0 Å². The van der Waals surface area contributed by atoms with Crippen LogP contribution in [-0.2, 0) is 24.2 Å². The van der Waals surface area contributed by atoms with Crippen LogP contribution in [0.25, 0.3) is 9.40 Å². The lowest BCUT2D eigenvalue weighted by molar-refractivity contribution is -0.00472. The fraction of sp³-hybridized carbons (Fsp3) is 0.600. The molecule has 10 heteroatoms. The van der Waals surface area contributed by atoms with Gasteiger partial charge in [-0.1, -0.05) is 0 Å². The van der Waals surface area contributed by atoms with Crippen molar-refractivity contribution in [3.05, 3.63) is 17.0 Å². The number of rotatable bonds is 11. The molecule has 0 spiro atoms. The Kier molecular flexibility index (Phi) is 7.77. The molecule has 142 valence electrons. The van der Waals surface area contributed by atoms with Gasteiger partial charge in [-0.2, -0.15) is 0 Å². The van der Waals surface area contributed by atoms with Crippen molar-refractivity contribution >= 4 is 42.1 Å². The third-order valence-corrected chi connectivity index (χ3v) is 7.60. The summed E-state index contributed by atoms with van der Waals surface area (Å²) in [4.78, 5) is 1.000. The Balaban J connectivity index is 2.05. The van der Waals surface area contributed by atoms with E-state index in [2.05, 4.69) is 0 Å². The van der Waals surface area contributed by atoms with Gasteiger partial charge < -0.3 is 19.9 Å². The molecule has 2 aromatic heterocycles. The fourth-order valence-corrected chi connectivity index (χ4v) is 5.75. The molecule has 0 saturated carbocycles. The van der Waals surface area contributed by atoms with E-state index in [0.717, 1.165) is 20.7 Å². The predicted molar refractivity (Wildman–Crippen MR) is 101 cm³/mol. The summed E-state index contributed by atoms with van der Waals surface area (Å²) < 4.78 is 39.9. The van der Waals surface area contributed by atoms with Gasteiger partial charge in [-0.3, -0.25) is 0 Å². The van der Waals surface area contributed by atoms with Gasteiger partial charge in [0.25, 0.3) is 0 Å². The Hall–Kier alpha value is -0.590. The molecule has 0 radical (unpaired) electrons. The second kappa shape index (κ2) is 9.38. The molecule has 4 N–H and O–H groups in total. The first-order valence-corrected chi connectivity index (χ1v) is 10.9. The number of nitrogens with two attached hydrogens (primary N) is 2. The minimum absolute atomic E-state index is 0.0229. The monoisotopic (exact) mass is 408 g/mol. The predicted octanol–water partition coefficient (Wildman–Crippen LogP) is 2.07. The number of sulfonamides is 1. The summed E-state index contributed by atoms with van der Waals surface area (Å²) in [7, 11) is -0.374. The molecule has 2 atom stereocenters. The third-order valence-electron chi connectivity index (χ3n) is 3.66. The maximum absolute atomic E-state index is 11.4. The highest BCUT2D eigenvalue weighted by Gasteiger charge is 2.20. The number of methoxy groups -OCH3 is 2. The number of fused-ring (bicyclic) bond motifs is 1. The number of hydrogen-bond acceptors (Lipinski definition) is 8. The largest absolute Gasteiger partial charge is 0.385 e. The lowest BCUT2D eigenvalue weighted by Crippen LogP contribution is -2.24. The Labute approximate surface area is 155 Å². The van der Waals surface area contributed by atoms with Crippen LogP contribution in [0.3, 0.4) is 0 Å². The molecule has 0 aliphatic rings. The molecule has 7 nitrogen and oxygen atoms in total. The maximum Gasteiger partial charge on any atom is 0.247 e. The van der Waals surface area contributed by atoms with Crippen molar-refractivity contribution in [2.24, 2.45) is 10.9 Å². The summed E-state index contributed by atoms with van der Waals surface area (Å²) in [6.07, 6.45) is 1.39. The normalized spacial score (nSPS) is 14.9. The van der Waals surface area contributed by atoms with Crippen LogP contribution in [-0.4, -0.2) is 48.6 Å². The average Bonchev–Trinajstić information content (AvgIpc) is 3.11. The lowest BCUT2D eigenvalue weighted by atomic mass is 10.1. The molecule has 0 fully saturated rings. The second-order valence-corrected chi connectivity index (χ2v) is 9.79. The summed E-state index contributed by atoms with van der Waals surface area (Å²) >= 11 is 2.67. The molecule has 2 aromatic rings. The van der Waals surface area contributed by atoms with Crippen LogP contribution in [0.5, 0.6) is 0 Å². The van der Waals surface area contributed by atoms with Gasteiger partial charge in [0.05, 0.1) is 23.3 Å². The summed E-state index contributed by atoms with van der Waals surface area (Å²) in [6.45, 7) is 1.64. The average molecular weight is 409 g/mol. The molecule has 0 aromatic carbocycles. The summed E-state index contributed by atoms with van der Waals surface area (Å²) in [5, 5.41) is 6.03. The van der Waals surface area contributed by atoms with E-state index in [0.29, 0.717) is 26.2 Å². The fourth-order valence-electron chi connectivity index (χ4n) is 2.37. The van der Waals surface area contributed by atoms with E-state index in [1.54, 1.807) is 20.3 Å². The van der Waals surface area contributed by atoms with Gasteiger partial charge in [0.15, 0.2) is 0 Å². The zero-order valence-electron chi connectivity index (χ0n) is 14.3. The van der Waals surface area contributed by atoms with Crippen LogP contribution in [0.2, 0.25) is 0 Å². The van der Waals surface area contributed by atoms with Gasteiger partial charge in [-0.25, -0.2) is 13.6 Å². The minimum Gasteiger partial charge on any atom is -0.385 e. The first-order valence-electron chi connectivity index (χ1n) is 7.76. The molecular formula is C15H24N2O5S3. The standard InChI is InChI=1S/C15H24N2O5S3/c1-20-4-3-11(22-6-5-21-2)9-12(16)13-7-10-8-14(25(17,18)19)24-15(10)23-13/h7-8,11-12H,3-6,9,16H2,1-2H3,(H2,17,18,19). The zero-order chi connectivity index (χ0) is 18.4. The van der Waals surface area contributed by atoms with E-state index < -0.39 is 10.0 Å². The SMILES string of the molecule is COCCOC(CCOC)CC(N)c1cc2cc(S(N)(=O)=O)sc2s1. The molecule has 25 heavy (non-hydrogen) atoms. The number of thiophene rings is 2. The highest BCUT2D eigenvalue weighted by Crippen LogP contribution is 2.38. The molecule has 0 amide bonds. The van der Waals surface area contributed by atoms with E-state index in [-0.39, 0.29) is 16.4 Å². The van der Waals surface area contributed by atoms with Crippen molar-refractivity contribution in [1.29, 1.82) is 0 Å². The van der Waals surface area contributed by atoms with Gasteiger partial charge in [-0.05, 0) is 25.0 Å². The van der Waals surface area contributed by atoms with Gasteiger partial charge in [-0.15, -0.1) is 22.7 Å². The van der Waals surface area contributed by atoms with E-state index in [9.17, 15) is 8.42 Å². The molecule has 2 unspecified atom stereocenters. The van der Waals surface area contributed by atoms with Crippen LogP contribution in [0.4, 0.5) is 0 Å². The van der Waals surface area contributed by atoms with E-state index in [4.69, 9.17) is 25.1 Å². The highest BCUT2D eigenvalue weighted by atomic mass is 32.2. The summed E-state index contributed by atoms with van der Waals surface area (Å²) in [5.41, 5.74) is 6.34. The van der Waals surface area contributed by atoms with Crippen molar-refractivity contribution in [3.8, 4) is 0 Å². The minimum atomic E-state index is -3.66. The van der Waals surface area contributed by atoms with Gasteiger partial charge in [0.2, 0.25) is 10.0 Å². The van der Waals surface area contributed by atoms with Crippen LogP contribution >= 0.6 is 22.7 Å². The van der Waals surface area contributed by atoms with Crippen molar-refractivity contribution < 1.29 is 22.6 Å². The highest BCUT2D eigenvalue weighted by molar-refractivity contribution is 7.91. The lowest BCUT2D eigenvalue weighted by Gasteiger charge is -2.20. The van der Waals surface area contributed by atoms with Crippen molar-refractivity contribution in [2.45, 2.75) is 29.2 Å². The first-order chi connectivity index (χ1) is 11.8. The smallest absolute Gasteiger partial charge is 0.247 e. The van der Waals surface area contributed by atoms with E-state index in [1.807, 2.05) is 6.07 Å². The number of primary sulfonamides is 1. The quantitative estimate of drug-likeness (QED) is 0.550. The molecule has 0 bridgehead atoms. The van der Waals surface area contributed by atoms with Gasteiger partial charge in [0, 0.05) is 37.1 Å².